The summed E-state index contributed by atoms with van der Waals surface area (Å²) in [6.07, 6.45) is 0. The number of rotatable bonds is 5. The van der Waals surface area contributed by atoms with Gasteiger partial charge in [-0.25, -0.2) is 19.9 Å². The Morgan fingerprint density at radius 3 is 1.31 bits per heavy atom. The Kier molecular flexibility index (Phi) is 7.10. The first kappa shape index (κ1) is 29.8. The summed E-state index contributed by atoms with van der Waals surface area (Å²) in [7, 11) is 0. The Balaban J connectivity index is 1.24. The fourth-order valence-corrected chi connectivity index (χ4v) is 7.25. The number of aromatic nitrogens is 4. The zero-order valence-electron chi connectivity index (χ0n) is 28.1. The minimum Gasteiger partial charge on any atom is -0.248 e. The van der Waals surface area contributed by atoms with E-state index in [1.807, 2.05) is 24.3 Å². The lowest BCUT2D eigenvalue weighted by Gasteiger charge is -2.14. The van der Waals surface area contributed by atoms with Crippen molar-refractivity contribution in [1.29, 1.82) is 0 Å². The van der Waals surface area contributed by atoms with E-state index in [0.29, 0.717) is 5.82 Å². The molecule has 0 N–H and O–H groups in total. The van der Waals surface area contributed by atoms with E-state index in [4.69, 9.17) is 19.9 Å². The highest BCUT2D eigenvalue weighted by atomic mass is 14.9. The number of benzene rings is 7. The van der Waals surface area contributed by atoms with E-state index in [1.54, 1.807) is 0 Å². The summed E-state index contributed by atoms with van der Waals surface area (Å²) in [5.41, 5.74) is 10.4. The van der Waals surface area contributed by atoms with Gasteiger partial charge in [0, 0.05) is 38.6 Å². The van der Waals surface area contributed by atoms with Gasteiger partial charge in [0.1, 0.15) is 0 Å². The number of para-hydroxylation sites is 2. The number of hydrogen-bond acceptors (Lipinski definition) is 4. The average molecular weight is 663 g/mol. The third kappa shape index (κ3) is 5.34. The summed E-state index contributed by atoms with van der Waals surface area (Å²) >= 11 is 0. The second-order valence-electron chi connectivity index (χ2n) is 13.1. The van der Waals surface area contributed by atoms with Gasteiger partial charge in [-0.1, -0.05) is 133 Å². The van der Waals surface area contributed by atoms with Crippen molar-refractivity contribution in [2.24, 2.45) is 0 Å². The minimum absolute atomic E-state index is 0.678. The van der Waals surface area contributed by atoms with Gasteiger partial charge in [-0.05, 0) is 70.1 Å². The van der Waals surface area contributed by atoms with Gasteiger partial charge < -0.3 is 0 Å². The van der Waals surface area contributed by atoms with Gasteiger partial charge in [0.15, 0.2) is 5.82 Å². The molecule has 0 saturated carbocycles. The van der Waals surface area contributed by atoms with E-state index in [9.17, 15) is 0 Å². The molecule has 4 nitrogen and oxygen atoms in total. The normalized spacial score (nSPS) is 11.5. The van der Waals surface area contributed by atoms with Crippen LogP contribution >= 0.6 is 0 Å². The number of nitrogens with zero attached hydrogens (tertiary/aromatic N) is 4. The summed E-state index contributed by atoms with van der Waals surface area (Å²) in [4.78, 5) is 20.9. The molecule has 3 aromatic heterocycles. The average Bonchev–Trinajstić information content (AvgIpc) is 3.22. The molecule has 7 aromatic carbocycles. The molecule has 52 heavy (non-hydrogen) atoms. The Hall–Kier alpha value is -7.04. The monoisotopic (exact) mass is 662 g/mol. The van der Waals surface area contributed by atoms with Crippen molar-refractivity contribution < 1.29 is 0 Å². The van der Waals surface area contributed by atoms with Gasteiger partial charge in [0.25, 0.3) is 0 Å². The van der Waals surface area contributed by atoms with Crippen molar-refractivity contribution in [1.82, 2.24) is 19.9 Å². The topological polar surface area (TPSA) is 51.6 Å². The zero-order valence-corrected chi connectivity index (χ0v) is 28.1. The van der Waals surface area contributed by atoms with Crippen LogP contribution in [0.1, 0.15) is 0 Å². The van der Waals surface area contributed by atoms with E-state index in [-0.39, 0.29) is 0 Å². The summed E-state index contributed by atoms with van der Waals surface area (Å²) in [5.74, 6) is 0.678. The number of pyridine rings is 2. The molecule has 0 atom stereocenters. The molecule has 10 aromatic rings. The summed E-state index contributed by atoms with van der Waals surface area (Å²) in [6.45, 7) is 0. The van der Waals surface area contributed by atoms with Crippen molar-refractivity contribution in [2.75, 3.05) is 0 Å². The van der Waals surface area contributed by atoms with E-state index < -0.39 is 0 Å². The van der Waals surface area contributed by atoms with Gasteiger partial charge in [-0.3, -0.25) is 0 Å². The molecule has 0 spiro atoms. The van der Waals surface area contributed by atoms with Gasteiger partial charge in [-0.15, -0.1) is 0 Å². The zero-order chi connectivity index (χ0) is 34.4. The lowest BCUT2D eigenvalue weighted by molar-refractivity contribution is 1.19. The fourth-order valence-electron chi connectivity index (χ4n) is 7.25. The Morgan fingerprint density at radius 2 is 0.712 bits per heavy atom. The molecule has 10 rings (SSSR count). The molecular weight excluding hydrogens is 633 g/mol. The summed E-state index contributed by atoms with van der Waals surface area (Å²) in [6, 6.07) is 63.3. The van der Waals surface area contributed by atoms with Gasteiger partial charge in [0.2, 0.25) is 0 Å². The third-order valence-corrected chi connectivity index (χ3v) is 9.84. The minimum atomic E-state index is 0.678. The van der Waals surface area contributed by atoms with Crippen LogP contribution in [-0.2, 0) is 0 Å². The summed E-state index contributed by atoms with van der Waals surface area (Å²) < 4.78 is 0. The van der Waals surface area contributed by atoms with E-state index >= 15 is 0 Å². The van der Waals surface area contributed by atoms with Crippen molar-refractivity contribution in [3.63, 3.8) is 0 Å². The third-order valence-electron chi connectivity index (χ3n) is 9.84. The van der Waals surface area contributed by atoms with Crippen molar-refractivity contribution in [3.05, 3.63) is 182 Å². The fraction of sp³-hybridized carbons (Fsp3) is 0. The smallest absolute Gasteiger partial charge is 0.161 e. The van der Waals surface area contributed by atoms with Gasteiger partial charge in [-0.2, -0.15) is 0 Å². The van der Waals surface area contributed by atoms with Crippen molar-refractivity contribution in [2.45, 2.75) is 0 Å². The predicted molar refractivity (Wildman–Crippen MR) is 215 cm³/mol. The highest BCUT2D eigenvalue weighted by molar-refractivity contribution is 5.99. The van der Waals surface area contributed by atoms with Crippen molar-refractivity contribution >= 4 is 43.4 Å². The molecule has 0 aliphatic heterocycles. The molecule has 0 fully saturated rings. The van der Waals surface area contributed by atoms with Crippen molar-refractivity contribution in [3.8, 4) is 56.4 Å². The second kappa shape index (κ2) is 12.4. The highest BCUT2D eigenvalue weighted by Crippen LogP contribution is 2.37. The second-order valence-corrected chi connectivity index (χ2v) is 13.1. The standard InChI is InChI=1S/C48H30N4/c1-5-17-38-31(11-1)15-9-19-40(38)47-30-46(51-48(52-47)41-20-10-16-32-12-2-6-18-39(32)41)37-28-35(44-25-23-33-13-3-7-21-42(33)49-44)27-36(29-37)45-26-24-34-14-4-8-22-43(34)50-45/h1-30H. The number of hydrogen-bond donors (Lipinski definition) is 0. The Bertz CT molecular complexity index is 2780. The van der Waals surface area contributed by atoms with Crippen LogP contribution in [0.3, 0.4) is 0 Å². The van der Waals surface area contributed by atoms with Gasteiger partial charge in [0.05, 0.1) is 33.8 Å². The van der Waals surface area contributed by atoms with Crippen LogP contribution in [0.15, 0.2) is 182 Å². The molecule has 3 heterocycles. The highest BCUT2D eigenvalue weighted by Gasteiger charge is 2.17. The first-order valence-electron chi connectivity index (χ1n) is 17.5. The van der Waals surface area contributed by atoms with Crippen LogP contribution in [0, 0.1) is 0 Å². The molecule has 0 saturated heterocycles. The molecule has 0 aliphatic carbocycles. The maximum Gasteiger partial charge on any atom is 0.161 e. The first-order chi connectivity index (χ1) is 25.7. The van der Waals surface area contributed by atoms with E-state index in [1.165, 1.54) is 5.39 Å². The maximum atomic E-state index is 5.35. The SMILES string of the molecule is c1ccc2nc(-c3cc(-c4cc(-c5cccc6ccccc56)nc(-c5cccc6ccccc56)n4)cc(-c4ccc5ccccc5n4)c3)ccc2c1. The molecule has 4 heteroatoms. The quantitative estimate of drug-likeness (QED) is 0.184. The van der Waals surface area contributed by atoms with E-state index in [0.717, 1.165) is 88.6 Å². The molecular formula is C48H30N4. The first-order valence-corrected chi connectivity index (χ1v) is 17.5. The van der Waals surface area contributed by atoms with Crippen LogP contribution in [0.4, 0.5) is 0 Å². The maximum absolute atomic E-state index is 5.35. The molecule has 242 valence electrons. The van der Waals surface area contributed by atoms with E-state index in [2.05, 4.69) is 158 Å². The van der Waals surface area contributed by atoms with Crippen LogP contribution in [0.5, 0.6) is 0 Å². The Labute approximate surface area is 300 Å². The molecule has 0 radical (unpaired) electrons. The Morgan fingerprint density at radius 1 is 0.269 bits per heavy atom. The van der Waals surface area contributed by atoms with Crippen LogP contribution < -0.4 is 0 Å². The molecule has 0 unspecified atom stereocenters. The van der Waals surface area contributed by atoms with Crippen LogP contribution in [0.25, 0.3) is 99.8 Å². The lowest BCUT2D eigenvalue weighted by atomic mass is 9.96. The summed E-state index contributed by atoms with van der Waals surface area (Å²) in [5, 5.41) is 6.79. The molecule has 0 aliphatic rings. The largest absolute Gasteiger partial charge is 0.248 e. The van der Waals surface area contributed by atoms with Gasteiger partial charge >= 0.3 is 0 Å². The molecule has 0 bridgehead atoms. The predicted octanol–water partition coefficient (Wildman–Crippen LogP) is 12.2. The molecule has 0 amide bonds. The van der Waals surface area contributed by atoms with Crippen LogP contribution in [-0.4, -0.2) is 19.9 Å². The van der Waals surface area contributed by atoms with Crippen LogP contribution in [0.2, 0.25) is 0 Å². The lowest BCUT2D eigenvalue weighted by Crippen LogP contribution is -1.98. The number of fused-ring (bicyclic) bond motifs is 4.